The van der Waals surface area contributed by atoms with E-state index in [4.69, 9.17) is 4.74 Å². The first-order chi connectivity index (χ1) is 8.61. The zero-order chi connectivity index (χ0) is 13.1. The molecule has 18 heavy (non-hydrogen) atoms. The molecule has 0 radical (unpaired) electrons. The number of carbonyl (C=O) groups is 1. The van der Waals surface area contributed by atoms with Crippen LogP contribution in [0.4, 0.5) is 0 Å². The van der Waals surface area contributed by atoms with E-state index in [-0.39, 0.29) is 12.1 Å². The number of carbonyl (C=O) groups excluding carboxylic acids is 1. The fraction of sp³-hybridized carbons (Fsp3) is 0.500. The van der Waals surface area contributed by atoms with Gasteiger partial charge in [-0.2, -0.15) is 0 Å². The quantitative estimate of drug-likeness (QED) is 0.627. The van der Waals surface area contributed by atoms with Crippen LogP contribution in [0.3, 0.4) is 0 Å². The molecule has 0 unspecified atom stereocenters. The fourth-order valence-corrected chi connectivity index (χ4v) is 5.43. The monoisotopic (exact) mass is 330 g/mol. The summed E-state index contributed by atoms with van der Waals surface area (Å²) in [5.74, 6) is -0.0372. The van der Waals surface area contributed by atoms with E-state index in [0.29, 0.717) is 31.4 Å². The van der Waals surface area contributed by atoms with Gasteiger partial charge in [-0.3, -0.25) is 0 Å². The van der Waals surface area contributed by atoms with E-state index >= 15 is 0 Å². The minimum absolute atomic E-state index is 0.0372. The summed E-state index contributed by atoms with van der Waals surface area (Å²) in [4.78, 5) is 11.7. The number of ether oxygens (including phenoxy) is 1. The number of rotatable bonds is 4. The molecule has 4 heteroatoms. The summed E-state index contributed by atoms with van der Waals surface area (Å²) in [6.45, 7) is 4.25. The molecule has 0 N–H and O–H groups in total. The third kappa shape index (κ3) is 3.11. The van der Waals surface area contributed by atoms with E-state index in [9.17, 15) is 4.79 Å². The van der Waals surface area contributed by atoms with Crippen LogP contribution in [-0.4, -0.2) is 33.3 Å². The molecule has 2 nitrogen and oxygen atoms in total. The van der Waals surface area contributed by atoms with E-state index in [0.717, 1.165) is 0 Å². The molecule has 3 atom stereocenters. The third-order valence-corrected chi connectivity index (χ3v) is 7.26. The summed E-state index contributed by atoms with van der Waals surface area (Å²) >= 11 is 2.17. The first-order valence-corrected chi connectivity index (χ1v) is 9.23. The second-order valence-corrected chi connectivity index (χ2v) is 8.34. The van der Waals surface area contributed by atoms with Crippen LogP contribution < -0.4 is 4.46 Å². The van der Waals surface area contributed by atoms with Gasteiger partial charge in [0.1, 0.15) is 0 Å². The fourth-order valence-electron chi connectivity index (χ4n) is 2.01. The van der Waals surface area contributed by atoms with Crippen molar-refractivity contribution in [2.24, 2.45) is 0 Å². The Kier molecular flexibility index (Phi) is 4.77. The van der Waals surface area contributed by atoms with Crippen LogP contribution in [0, 0.1) is 0 Å². The summed E-state index contributed by atoms with van der Waals surface area (Å²) < 4.78 is 6.66. The van der Waals surface area contributed by atoms with Gasteiger partial charge in [-0.15, -0.1) is 0 Å². The van der Waals surface area contributed by atoms with Crippen LogP contribution in [0.25, 0.3) is 0 Å². The van der Waals surface area contributed by atoms with Gasteiger partial charge in [0.15, 0.2) is 0 Å². The average molecular weight is 329 g/mol. The molecule has 2 rings (SSSR count). The number of cyclic esters (lactones) is 1. The van der Waals surface area contributed by atoms with E-state index < -0.39 is 0 Å². The second-order valence-electron chi connectivity index (χ2n) is 4.47. The van der Waals surface area contributed by atoms with Gasteiger partial charge in [0, 0.05) is 0 Å². The SMILES string of the molecule is CS[C@@H](C)c1ccccc1[Se][C@H]1CC(=O)O[C@@H]1C. The summed E-state index contributed by atoms with van der Waals surface area (Å²) in [6, 6.07) is 8.61. The summed E-state index contributed by atoms with van der Waals surface area (Å²) in [6.07, 6.45) is 2.80. The van der Waals surface area contributed by atoms with E-state index in [2.05, 4.69) is 37.4 Å². The summed E-state index contributed by atoms with van der Waals surface area (Å²) in [7, 11) is 0. The Morgan fingerprint density at radius 1 is 1.44 bits per heavy atom. The molecule has 1 heterocycles. The molecule has 0 saturated carbocycles. The number of hydrogen-bond acceptors (Lipinski definition) is 3. The van der Waals surface area contributed by atoms with E-state index in [1.807, 2.05) is 18.7 Å². The van der Waals surface area contributed by atoms with Crippen LogP contribution >= 0.6 is 11.8 Å². The van der Waals surface area contributed by atoms with Gasteiger partial charge >= 0.3 is 119 Å². The van der Waals surface area contributed by atoms with Crippen molar-refractivity contribution >= 4 is 37.1 Å². The second kappa shape index (κ2) is 6.14. The Hall–Kier alpha value is -0.441. The molecular formula is C14H18O2SSe. The van der Waals surface area contributed by atoms with Gasteiger partial charge in [-0.05, 0) is 0 Å². The van der Waals surface area contributed by atoms with Gasteiger partial charge in [0.05, 0.1) is 0 Å². The Labute approximate surface area is 119 Å². The number of esters is 1. The molecule has 98 valence electrons. The Morgan fingerprint density at radius 3 is 2.78 bits per heavy atom. The molecule has 1 saturated heterocycles. The summed E-state index contributed by atoms with van der Waals surface area (Å²) in [5, 5.41) is 0.511. The van der Waals surface area contributed by atoms with Crippen molar-refractivity contribution in [1.29, 1.82) is 0 Å². The Bertz CT molecular complexity index is 436. The predicted molar refractivity (Wildman–Crippen MR) is 77.7 cm³/mol. The zero-order valence-electron chi connectivity index (χ0n) is 10.9. The van der Waals surface area contributed by atoms with Gasteiger partial charge in [-0.25, -0.2) is 0 Å². The normalized spacial score (nSPS) is 24.9. The van der Waals surface area contributed by atoms with E-state index in [1.165, 1.54) is 10.0 Å². The van der Waals surface area contributed by atoms with Crippen molar-refractivity contribution < 1.29 is 9.53 Å². The van der Waals surface area contributed by atoms with Crippen molar-refractivity contribution in [3.8, 4) is 0 Å². The third-order valence-electron chi connectivity index (χ3n) is 3.20. The van der Waals surface area contributed by atoms with Crippen molar-refractivity contribution in [1.82, 2.24) is 0 Å². The molecule has 1 fully saturated rings. The van der Waals surface area contributed by atoms with E-state index in [1.54, 1.807) is 0 Å². The topological polar surface area (TPSA) is 26.3 Å². The molecule has 1 aliphatic heterocycles. The molecule has 0 spiro atoms. The number of hydrogen-bond donors (Lipinski definition) is 0. The molecule has 0 amide bonds. The first-order valence-electron chi connectivity index (χ1n) is 6.09. The van der Waals surface area contributed by atoms with Crippen LogP contribution in [0.5, 0.6) is 0 Å². The number of thioether (sulfide) groups is 1. The minimum atomic E-state index is -0.0372. The van der Waals surface area contributed by atoms with Crippen molar-refractivity contribution in [3.05, 3.63) is 29.8 Å². The molecule has 1 aromatic carbocycles. The van der Waals surface area contributed by atoms with Crippen molar-refractivity contribution in [2.75, 3.05) is 6.26 Å². The molecule has 0 aliphatic carbocycles. The first kappa shape index (κ1) is 14.0. The van der Waals surface area contributed by atoms with Crippen LogP contribution in [0.15, 0.2) is 24.3 Å². The average Bonchev–Trinajstić information content (AvgIpc) is 2.67. The van der Waals surface area contributed by atoms with Gasteiger partial charge in [-0.1, -0.05) is 0 Å². The maximum absolute atomic E-state index is 11.3. The predicted octanol–water partition coefficient (Wildman–Crippen LogP) is 2.56. The molecular weight excluding hydrogens is 311 g/mol. The van der Waals surface area contributed by atoms with Crippen LogP contribution in [-0.2, 0) is 9.53 Å². The van der Waals surface area contributed by atoms with Gasteiger partial charge < -0.3 is 0 Å². The molecule has 0 bridgehead atoms. The molecule has 1 aromatic rings. The van der Waals surface area contributed by atoms with Gasteiger partial charge in [0.2, 0.25) is 0 Å². The van der Waals surface area contributed by atoms with Crippen molar-refractivity contribution in [3.63, 3.8) is 0 Å². The molecule has 1 aliphatic rings. The Morgan fingerprint density at radius 2 is 2.17 bits per heavy atom. The van der Waals surface area contributed by atoms with Crippen molar-refractivity contribution in [2.45, 2.75) is 36.4 Å². The van der Waals surface area contributed by atoms with Crippen LogP contribution in [0.2, 0.25) is 4.82 Å². The summed E-state index contributed by atoms with van der Waals surface area (Å²) in [5.41, 5.74) is 1.41. The standard InChI is InChI=1S/C14H18O2SSe/c1-9-13(8-14(15)16-9)18-12-7-5-4-6-11(12)10(2)17-3/h4-7,9-10,13H,8H2,1-3H3/t9-,10+,13+/m1/s1. The van der Waals surface area contributed by atoms with Gasteiger partial charge in [0.25, 0.3) is 0 Å². The Balaban J connectivity index is 2.16. The zero-order valence-corrected chi connectivity index (χ0v) is 13.4. The molecule has 0 aromatic heterocycles. The van der Waals surface area contributed by atoms with Crippen LogP contribution in [0.1, 0.15) is 31.1 Å². The number of benzene rings is 1. The maximum atomic E-state index is 11.3.